The highest BCUT2D eigenvalue weighted by molar-refractivity contribution is 7.10. The van der Waals surface area contributed by atoms with E-state index in [9.17, 15) is 0 Å². The summed E-state index contributed by atoms with van der Waals surface area (Å²) < 4.78 is 5.86. The highest BCUT2D eigenvalue weighted by Crippen LogP contribution is 2.31. The Morgan fingerprint density at radius 1 is 1.47 bits per heavy atom. The van der Waals surface area contributed by atoms with Crippen LogP contribution in [0.15, 0.2) is 11.4 Å². The maximum atomic E-state index is 5.86. The van der Waals surface area contributed by atoms with Crippen LogP contribution in [0.2, 0.25) is 0 Å². The second-order valence-corrected chi connectivity index (χ2v) is 6.14. The molecule has 0 amide bonds. The molecule has 0 aromatic carbocycles. The Morgan fingerprint density at radius 3 is 3.32 bits per heavy atom. The van der Waals surface area contributed by atoms with E-state index in [1.807, 2.05) is 0 Å². The third kappa shape index (κ3) is 2.85. The van der Waals surface area contributed by atoms with Crippen LogP contribution in [0.1, 0.15) is 29.7 Å². The molecule has 1 saturated heterocycles. The topological polar surface area (TPSA) is 38.5 Å². The molecule has 19 heavy (non-hydrogen) atoms. The zero-order valence-corrected chi connectivity index (χ0v) is 11.9. The number of hydrogen-bond acceptors (Lipinski definition) is 4. The minimum absolute atomic E-state index is 0.428. The number of morpholine rings is 1. The van der Waals surface area contributed by atoms with Gasteiger partial charge in [0.1, 0.15) is 0 Å². The first kappa shape index (κ1) is 13.1. The highest BCUT2D eigenvalue weighted by Gasteiger charge is 2.36. The van der Waals surface area contributed by atoms with Gasteiger partial charge in [0.05, 0.1) is 19.3 Å². The van der Waals surface area contributed by atoms with Crippen molar-refractivity contribution in [1.82, 2.24) is 4.90 Å². The van der Waals surface area contributed by atoms with Gasteiger partial charge in [-0.05, 0) is 30.7 Å². The third-order valence-electron chi connectivity index (χ3n) is 4.01. The predicted octanol–water partition coefficient (Wildman–Crippen LogP) is 1.81. The van der Waals surface area contributed by atoms with Crippen molar-refractivity contribution >= 4 is 11.3 Å². The van der Waals surface area contributed by atoms with Gasteiger partial charge in [-0.2, -0.15) is 0 Å². The summed E-state index contributed by atoms with van der Waals surface area (Å²) in [5, 5.41) is 2.13. The van der Waals surface area contributed by atoms with Crippen LogP contribution < -0.4 is 5.73 Å². The van der Waals surface area contributed by atoms with Crippen molar-refractivity contribution in [2.24, 2.45) is 5.73 Å². The molecule has 1 aliphatic heterocycles. The van der Waals surface area contributed by atoms with Crippen molar-refractivity contribution in [2.75, 3.05) is 19.7 Å². The minimum atomic E-state index is 0.428. The summed E-state index contributed by atoms with van der Waals surface area (Å²) in [4.78, 5) is 3.95. The van der Waals surface area contributed by atoms with E-state index in [1.54, 1.807) is 11.3 Å². The largest absolute Gasteiger partial charge is 0.375 e. The van der Waals surface area contributed by atoms with Gasteiger partial charge in [-0.3, -0.25) is 4.90 Å². The van der Waals surface area contributed by atoms with Crippen LogP contribution in [0.25, 0.3) is 0 Å². The summed E-state index contributed by atoms with van der Waals surface area (Å²) in [5.41, 5.74) is 6.60. The molecule has 1 aliphatic carbocycles. The lowest BCUT2D eigenvalue weighted by atomic mass is 10.1. The molecule has 3 rings (SSSR count). The quantitative estimate of drug-likeness (QED) is 0.837. The third-order valence-corrected chi connectivity index (χ3v) is 4.92. The number of thiophene rings is 1. The van der Waals surface area contributed by atoms with Crippen LogP contribution in [-0.2, 0) is 11.3 Å². The fourth-order valence-corrected chi connectivity index (χ4v) is 3.96. The summed E-state index contributed by atoms with van der Waals surface area (Å²) >= 11 is 1.80. The van der Waals surface area contributed by atoms with Crippen molar-refractivity contribution in [3.63, 3.8) is 0 Å². The number of fused-ring (bicyclic) bond motifs is 1. The lowest BCUT2D eigenvalue weighted by Crippen LogP contribution is -2.47. The monoisotopic (exact) mass is 276 g/mol. The molecule has 0 bridgehead atoms. The summed E-state index contributed by atoms with van der Waals surface area (Å²) in [6.07, 6.45) is 4.27. The summed E-state index contributed by atoms with van der Waals surface area (Å²) in [6, 6.07) is 2.72. The minimum Gasteiger partial charge on any atom is -0.375 e. The van der Waals surface area contributed by atoms with Crippen molar-refractivity contribution < 1.29 is 4.74 Å². The van der Waals surface area contributed by atoms with E-state index in [0.29, 0.717) is 18.7 Å². The van der Waals surface area contributed by atoms with Crippen molar-refractivity contribution in [3.8, 4) is 11.8 Å². The molecular formula is C15H20N2OS. The van der Waals surface area contributed by atoms with E-state index in [2.05, 4.69) is 28.2 Å². The van der Waals surface area contributed by atoms with Gasteiger partial charge in [0, 0.05) is 29.6 Å². The molecule has 0 radical (unpaired) electrons. The second kappa shape index (κ2) is 6.06. The zero-order valence-electron chi connectivity index (χ0n) is 11.1. The molecule has 2 N–H and O–H groups in total. The summed E-state index contributed by atoms with van der Waals surface area (Å²) in [7, 11) is 0. The van der Waals surface area contributed by atoms with Gasteiger partial charge in [0.15, 0.2) is 0 Å². The Hall–Kier alpha value is -0.860. The average Bonchev–Trinajstić information content (AvgIpc) is 3.05. The fourth-order valence-electron chi connectivity index (χ4n) is 3.11. The first-order valence-corrected chi connectivity index (χ1v) is 7.87. The molecule has 2 unspecified atom stereocenters. The smallest absolute Gasteiger partial charge is 0.0731 e. The van der Waals surface area contributed by atoms with Crippen LogP contribution in [0.5, 0.6) is 0 Å². The van der Waals surface area contributed by atoms with Crippen LogP contribution in [0.3, 0.4) is 0 Å². The van der Waals surface area contributed by atoms with Crippen molar-refractivity contribution in [3.05, 3.63) is 21.9 Å². The van der Waals surface area contributed by atoms with E-state index >= 15 is 0 Å². The molecule has 2 fully saturated rings. The molecule has 2 aliphatic rings. The van der Waals surface area contributed by atoms with E-state index in [-0.39, 0.29) is 0 Å². The Labute approximate surface area is 118 Å². The lowest BCUT2D eigenvalue weighted by molar-refractivity contribution is -0.0585. The first-order chi connectivity index (χ1) is 9.38. The predicted molar refractivity (Wildman–Crippen MR) is 78.0 cm³/mol. The Morgan fingerprint density at radius 2 is 2.42 bits per heavy atom. The maximum absolute atomic E-state index is 5.86. The fraction of sp³-hybridized carbons (Fsp3) is 0.600. The standard InChI is InChI=1S/C15H20N2OS/c16-7-2-3-12-6-10-19-15(12)11-17-8-9-18-14-5-1-4-13(14)17/h6,10,13-14H,1,4-5,7-9,11,16H2. The number of nitrogens with zero attached hydrogens (tertiary/aromatic N) is 1. The van der Waals surface area contributed by atoms with E-state index in [4.69, 9.17) is 10.5 Å². The normalized spacial score (nSPS) is 26.8. The number of nitrogens with two attached hydrogens (primary N) is 1. The molecule has 2 atom stereocenters. The van der Waals surface area contributed by atoms with Gasteiger partial charge in [0.25, 0.3) is 0 Å². The molecule has 102 valence electrons. The SMILES string of the molecule is NCC#Cc1ccsc1CN1CCOC2CCCC21. The molecule has 1 aromatic rings. The zero-order chi connectivity index (χ0) is 13.1. The van der Waals surface area contributed by atoms with Crippen LogP contribution in [0, 0.1) is 11.8 Å². The second-order valence-electron chi connectivity index (χ2n) is 5.14. The maximum Gasteiger partial charge on any atom is 0.0731 e. The summed E-state index contributed by atoms with van der Waals surface area (Å²) in [6.45, 7) is 3.35. The molecule has 1 saturated carbocycles. The average molecular weight is 276 g/mol. The number of hydrogen-bond donors (Lipinski definition) is 1. The van der Waals surface area contributed by atoms with Gasteiger partial charge in [-0.25, -0.2) is 0 Å². The van der Waals surface area contributed by atoms with Gasteiger partial charge < -0.3 is 10.5 Å². The molecular weight excluding hydrogens is 256 g/mol. The van der Waals surface area contributed by atoms with Crippen molar-refractivity contribution in [2.45, 2.75) is 38.0 Å². The van der Waals surface area contributed by atoms with Gasteiger partial charge >= 0.3 is 0 Å². The first-order valence-electron chi connectivity index (χ1n) is 6.99. The summed E-state index contributed by atoms with van der Waals surface area (Å²) in [5.74, 6) is 6.14. The van der Waals surface area contributed by atoms with E-state index in [0.717, 1.165) is 25.3 Å². The van der Waals surface area contributed by atoms with Gasteiger partial charge in [-0.1, -0.05) is 11.8 Å². The molecule has 4 heteroatoms. The Bertz CT molecular complexity index is 488. The molecule has 0 spiro atoms. The van der Waals surface area contributed by atoms with Crippen LogP contribution >= 0.6 is 11.3 Å². The van der Waals surface area contributed by atoms with Crippen molar-refractivity contribution in [1.29, 1.82) is 0 Å². The van der Waals surface area contributed by atoms with E-state index < -0.39 is 0 Å². The molecule has 1 aromatic heterocycles. The highest BCUT2D eigenvalue weighted by atomic mass is 32.1. The van der Waals surface area contributed by atoms with Crippen LogP contribution in [-0.4, -0.2) is 36.7 Å². The van der Waals surface area contributed by atoms with E-state index in [1.165, 1.54) is 24.1 Å². The van der Waals surface area contributed by atoms with Gasteiger partial charge in [-0.15, -0.1) is 11.3 Å². The molecule has 3 nitrogen and oxygen atoms in total. The lowest BCUT2D eigenvalue weighted by Gasteiger charge is -2.37. The molecule has 2 heterocycles. The number of rotatable bonds is 2. The number of ether oxygens (including phenoxy) is 1. The van der Waals surface area contributed by atoms with Gasteiger partial charge in [0.2, 0.25) is 0 Å². The Kier molecular flexibility index (Phi) is 4.19. The Balaban J connectivity index is 1.72. The van der Waals surface area contributed by atoms with Crippen LogP contribution in [0.4, 0.5) is 0 Å².